The van der Waals surface area contributed by atoms with Crippen LogP contribution in [0.3, 0.4) is 0 Å². The Morgan fingerprint density at radius 1 is 1.43 bits per heavy atom. The van der Waals surface area contributed by atoms with Crippen molar-refractivity contribution in [1.82, 2.24) is 9.88 Å². The lowest BCUT2D eigenvalue weighted by Crippen LogP contribution is -2.42. The molecule has 2 rings (SSSR count). The molecule has 0 radical (unpaired) electrons. The van der Waals surface area contributed by atoms with Crippen LogP contribution in [0.25, 0.3) is 0 Å². The van der Waals surface area contributed by atoms with Gasteiger partial charge in [-0.1, -0.05) is 0 Å². The minimum atomic E-state index is -4.53. The molecule has 0 aromatic carbocycles. The number of aromatic nitrogens is 1. The van der Waals surface area contributed by atoms with E-state index in [1.54, 1.807) is 0 Å². The maximum absolute atomic E-state index is 12.4. The number of pyridine rings is 1. The Balaban J connectivity index is 2.14. The van der Waals surface area contributed by atoms with Crippen molar-refractivity contribution in [3.05, 3.63) is 24.0 Å². The molecule has 0 unspecified atom stereocenters. The normalized spacial score (nSPS) is 18.6. The molecule has 0 saturated carbocycles. The minimum absolute atomic E-state index is 0.00342. The number of carboxylic acids is 1. The Morgan fingerprint density at radius 3 is 2.83 bits per heavy atom. The molecular formula is C14H15F3N2O4. The number of carbonyl (C=O) groups excluding carboxylic acids is 1. The van der Waals surface area contributed by atoms with Crippen LogP contribution in [0.5, 0.6) is 5.75 Å². The van der Waals surface area contributed by atoms with Crippen LogP contribution in [0, 0.1) is 5.92 Å². The van der Waals surface area contributed by atoms with Crippen molar-refractivity contribution in [2.45, 2.75) is 19.0 Å². The lowest BCUT2D eigenvalue weighted by Gasteiger charge is -2.30. The van der Waals surface area contributed by atoms with E-state index in [0.29, 0.717) is 19.4 Å². The first-order valence-corrected chi connectivity index (χ1v) is 6.94. The second kappa shape index (κ2) is 6.84. The molecule has 6 nitrogen and oxygen atoms in total. The van der Waals surface area contributed by atoms with E-state index in [9.17, 15) is 22.8 Å². The van der Waals surface area contributed by atoms with Gasteiger partial charge in [0.25, 0.3) is 5.91 Å². The molecule has 1 saturated heterocycles. The highest BCUT2D eigenvalue weighted by molar-refractivity contribution is 5.95. The van der Waals surface area contributed by atoms with Crippen LogP contribution in [0.2, 0.25) is 0 Å². The van der Waals surface area contributed by atoms with Gasteiger partial charge in [-0.15, -0.1) is 0 Å². The molecule has 2 heterocycles. The number of hydrogen-bond acceptors (Lipinski definition) is 4. The van der Waals surface area contributed by atoms with Crippen LogP contribution in [0.1, 0.15) is 23.3 Å². The minimum Gasteiger partial charge on any atom is -0.482 e. The highest BCUT2D eigenvalue weighted by atomic mass is 19.4. The summed E-state index contributed by atoms with van der Waals surface area (Å²) in [6.07, 6.45) is -2.30. The van der Waals surface area contributed by atoms with Gasteiger partial charge in [0.05, 0.1) is 5.92 Å². The summed E-state index contributed by atoms with van der Waals surface area (Å²) >= 11 is 0. The maximum Gasteiger partial charge on any atom is 0.422 e. The number of amides is 1. The predicted molar refractivity (Wildman–Crippen MR) is 72.1 cm³/mol. The molecule has 1 atom stereocenters. The molecule has 1 amide bonds. The molecule has 9 heteroatoms. The van der Waals surface area contributed by atoms with Crippen molar-refractivity contribution < 1.29 is 32.6 Å². The van der Waals surface area contributed by atoms with Crippen molar-refractivity contribution in [3.63, 3.8) is 0 Å². The molecule has 1 aromatic heterocycles. The Hall–Kier alpha value is -2.32. The first-order chi connectivity index (χ1) is 10.8. The Labute approximate surface area is 129 Å². The monoisotopic (exact) mass is 332 g/mol. The molecule has 1 N–H and O–H groups in total. The first kappa shape index (κ1) is 17.0. The number of hydrogen-bond donors (Lipinski definition) is 1. The third kappa shape index (κ3) is 4.57. The van der Waals surface area contributed by atoms with Gasteiger partial charge in [-0.25, -0.2) is 4.98 Å². The summed E-state index contributed by atoms with van der Waals surface area (Å²) in [6.45, 7) is -1.20. The fourth-order valence-electron chi connectivity index (χ4n) is 2.34. The number of piperidine rings is 1. The number of nitrogens with zero attached hydrogens (tertiary/aromatic N) is 2. The van der Waals surface area contributed by atoms with Gasteiger partial charge in [0.1, 0.15) is 0 Å². The second-order valence-corrected chi connectivity index (χ2v) is 5.18. The topological polar surface area (TPSA) is 79.7 Å². The van der Waals surface area contributed by atoms with E-state index in [1.165, 1.54) is 23.2 Å². The fourth-order valence-corrected chi connectivity index (χ4v) is 2.34. The van der Waals surface area contributed by atoms with Gasteiger partial charge in [0.15, 0.2) is 18.1 Å². The lowest BCUT2D eigenvalue weighted by molar-refractivity contribution is -0.153. The average molecular weight is 332 g/mol. The zero-order chi connectivity index (χ0) is 17.0. The van der Waals surface area contributed by atoms with Crippen molar-refractivity contribution >= 4 is 11.9 Å². The summed E-state index contributed by atoms with van der Waals surface area (Å²) in [6, 6.07) is 2.59. The van der Waals surface area contributed by atoms with Gasteiger partial charge in [-0.2, -0.15) is 13.2 Å². The quantitative estimate of drug-likeness (QED) is 0.912. The second-order valence-electron chi connectivity index (χ2n) is 5.18. The Bertz CT molecular complexity index is 592. The molecule has 0 aliphatic carbocycles. The SMILES string of the molecule is O=C(O)[C@@H]1CCCN(C(=O)c2ncccc2OCC(F)(F)F)C1. The highest BCUT2D eigenvalue weighted by Crippen LogP contribution is 2.24. The van der Waals surface area contributed by atoms with E-state index >= 15 is 0 Å². The van der Waals surface area contributed by atoms with E-state index in [4.69, 9.17) is 5.11 Å². The third-order valence-corrected chi connectivity index (χ3v) is 3.42. The number of carbonyl (C=O) groups is 2. The summed E-state index contributed by atoms with van der Waals surface area (Å²) in [5, 5.41) is 9.03. The largest absolute Gasteiger partial charge is 0.482 e. The van der Waals surface area contributed by atoms with Gasteiger partial charge in [0.2, 0.25) is 0 Å². The number of carboxylic acid groups (broad SMARTS) is 1. The average Bonchev–Trinajstić information content (AvgIpc) is 2.52. The van der Waals surface area contributed by atoms with Gasteiger partial charge in [-0.3, -0.25) is 9.59 Å². The summed E-state index contributed by atoms with van der Waals surface area (Å²) in [5.74, 6) is -2.59. The Kier molecular flexibility index (Phi) is 5.07. The van der Waals surface area contributed by atoms with Crippen LogP contribution in [0.15, 0.2) is 18.3 Å². The van der Waals surface area contributed by atoms with Crippen LogP contribution < -0.4 is 4.74 Å². The number of likely N-dealkylation sites (tertiary alicyclic amines) is 1. The van der Waals surface area contributed by atoms with E-state index in [-0.39, 0.29) is 18.0 Å². The fraction of sp³-hybridized carbons (Fsp3) is 0.500. The summed E-state index contributed by atoms with van der Waals surface area (Å²) < 4.78 is 41.4. The standard InChI is InChI=1S/C14H15F3N2O4/c15-14(16,17)8-23-10-4-1-5-18-11(10)12(20)19-6-2-3-9(7-19)13(21)22/h1,4-5,9H,2-3,6-8H2,(H,21,22)/t9-/m1/s1. The number of rotatable bonds is 4. The van der Waals surface area contributed by atoms with E-state index in [0.717, 1.165) is 0 Å². The number of ether oxygens (including phenoxy) is 1. The zero-order valence-corrected chi connectivity index (χ0v) is 12.0. The number of halogens is 3. The van der Waals surface area contributed by atoms with Gasteiger partial charge < -0.3 is 14.7 Å². The summed E-state index contributed by atoms with van der Waals surface area (Å²) in [5.41, 5.74) is -0.247. The molecule has 1 aliphatic rings. The number of aliphatic carboxylic acids is 1. The highest BCUT2D eigenvalue weighted by Gasteiger charge is 2.32. The molecular weight excluding hydrogens is 317 g/mol. The molecule has 1 aromatic rings. The molecule has 1 aliphatic heterocycles. The van der Waals surface area contributed by atoms with Gasteiger partial charge in [0, 0.05) is 19.3 Å². The first-order valence-electron chi connectivity index (χ1n) is 6.94. The van der Waals surface area contributed by atoms with Crippen LogP contribution in [0.4, 0.5) is 13.2 Å². The predicted octanol–water partition coefficient (Wildman–Crippen LogP) is 1.96. The van der Waals surface area contributed by atoms with Crippen LogP contribution in [-0.2, 0) is 4.79 Å². The number of alkyl halides is 3. The molecule has 23 heavy (non-hydrogen) atoms. The van der Waals surface area contributed by atoms with Gasteiger partial charge >= 0.3 is 12.1 Å². The van der Waals surface area contributed by atoms with Crippen molar-refractivity contribution in [3.8, 4) is 5.75 Å². The maximum atomic E-state index is 12.4. The van der Waals surface area contributed by atoms with Crippen molar-refractivity contribution in [1.29, 1.82) is 0 Å². The lowest BCUT2D eigenvalue weighted by atomic mass is 9.98. The van der Waals surface area contributed by atoms with Crippen LogP contribution in [-0.4, -0.2) is 52.7 Å². The van der Waals surface area contributed by atoms with Crippen molar-refractivity contribution in [2.75, 3.05) is 19.7 Å². The Morgan fingerprint density at radius 2 is 2.17 bits per heavy atom. The molecule has 1 fully saturated rings. The summed E-state index contributed by atoms with van der Waals surface area (Å²) in [4.78, 5) is 28.5. The third-order valence-electron chi connectivity index (χ3n) is 3.42. The van der Waals surface area contributed by atoms with E-state index in [2.05, 4.69) is 9.72 Å². The molecule has 0 spiro atoms. The van der Waals surface area contributed by atoms with E-state index < -0.39 is 30.6 Å². The zero-order valence-electron chi connectivity index (χ0n) is 12.0. The smallest absolute Gasteiger partial charge is 0.422 e. The molecule has 0 bridgehead atoms. The van der Waals surface area contributed by atoms with Crippen LogP contribution >= 0.6 is 0 Å². The van der Waals surface area contributed by atoms with Crippen molar-refractivity contribution in [2.24, 2.45) is 5.92 Å². The van der Waals surface area contributed by atoms with E-state index in [1.807, 2.05) is 0 Å². The molecule has 126 valence electrons. The van der Waals surface area contributed by atoms with Gasteiger partial charge in [-0.05, 0) is 25.0 Å². The summed E-state index contributed by atoms with van der Waals surface area (Å²) in [7, 11) is 0.